The van der Waals surface area contributed by atoms with Gasteiger partial charge in [-0.2, -0.15) is 0 Å². The van der Waals surface area contributed by atoms with Crippen LogP contribution in [-0.4, -0.2) is 29.7 Å². The molecule has 0 aliphatic heterocycles. The molecule has 0 aliphatic rings. The van der Waals surface area contributed by atoms with E-state index in [2.05, 4.69) is 0 Å². The lowest BCUT2D eigenvalue weighted by molar-refractivity contribution is 0.0177. The van der Waals surface area contributed by atoms with Gasteiger partial charge in [-0.05, 0) is 33.3 Å². The molecule has 2 N–H and O–H groups in total. The molecule has 0 saturated carbocycles. The third-order valence-corrected chi connectivity index (χ3v) is 2.75. The fourth-order valence-electron chi connectivity index (χ4n) is 1.92. The van der Waals surface area contributed by atoms with Crippen molar-refractivity contribution in [3.8, 4) is 0 Å². The summed E-state index contributed by atoms with van der Waals surface area (Å²) < 4.78 is 5.43. The molecule has 0 aliphatic carbocycles. The maximum atomic E-state index is 12.2. The molecule has 4 nitrogen and oxygen atoms in total. The van der Waals surface area contributed by atoms with Crippen LogP contribution in [0.4, 0.5) is 4.79 Å². The molecule has 0 fully saturated rings. The van der Waals surface area contributed by atoms with E-state index in [0.29, 0.717) is 13.1 Å². The lowest BCUT2D eigenvalue weighted by Gasteiger charge is -2.32. The first-order chi connectivity index (χ1) is 8.89. The predicted octanol–water partition coefficient (Wildman–Crippen LogP) is 2.94. The van der Waals surface area contributed by atoms with Crippen molar-refractivity contribution in [1.29, 1.82) is 0 Å². The number of rotatable bonds is 4. The molecule has 19 heavy (non-hydrogen) atoms. The first kappa shape index (κ1) is 15.5. The number of ether oxygens (including phenoxy) is 1. The Kier molecular flexibility index (Phi) is 5.36. The van der Waals surface area contributed by atoms with Gasteiger partial charge in [0.15, 0.2) is 0 Å². The van der Waals surface area contributed by atoms with Crippen LogP contribution >= 0.6 is 0 Å². The van der Waals surface area contributed by atoms with Gasteiger partial charge in [-0.1, -0.05) is 30.3 Å². The Morgan fingerprint density at radius 1 is 1.32 bits per heavy atom. The molecule has 106 valence electrons. The molecular formula is C15H24N2O2. The molecule has 1 aromatic rings. The summed E-state index contributed by atoms with van der Waals surface area (Å²) in [6.07, 6.45) is -0.325. The van der Waals surface area contributed by atoms with Crippen LogP contribution in [0.15, 0.2) is 30.3 Å². The molecule has 0 heterocycles. The summed E-state index contributed by atoms with van der Waals surface area (Å²) in [5.74, 6) is 0. The van der Waals surface area contributed by atoms with Crippen molar-refractivity contribution in [2.75, 3.05) is 13.1 Å². The maximum Gasteiger partial charge on any atom is 0.410 e. The minimum atomic E-state index is -0.500. The number of nitrogens with zero attached hydrogens (tertiary/aromatic N) is 1. The van der Waals surface area contributed by atoms with Crippen LogP contribution in [0.25, 0.3) is 0 Å². The summed E-state index contributed by atoms with van der Waals surface area (Å²) in [7, 11) is 0. The fraction of sp³-hybridized carbons (Fsp3) is 0.533. The molecule has 1 rings (SSSR count). The third-order valence-electron chi connectivity index (χ3n) is 2.75. The number of likely N-dealkylation sites (N-methyl/N-ethyl adjacent to an activating group) is 1. The molecule has 1 aromatic carbocycles. The Bertz CT molecular complexity index is 398. The fourth-order valence-corrected chi connectivity index (χ4v) is 1.92. The lowest BCUT2D eigenvalue weighted by atomic mass is 10.1. The van der Waals surface area contributed by atoms with Crippen molar-refractivity contribution >= 4 is 6.09 Å². The van der Waals surface area contributed by atoms with Gasteiger partial charge in [0.05, 0.1) is 6.04 Å². The molecule has 4 heteroatoms. The average Bonchev–Trinajstić information content (AvgIpc) is 2.34. The van der Waals surface area contributed by atoms with E-state index in [1.54, 1.807) is 4.90 Å². The minimum Gasteiger partial charge on any atom is -0.444 e. The molecule has 0 bridgehead atoms. The minimum absolute atomic E-state index is 0.152. The number of amides is 1. The summed E-state index contributed by atoms with van der Waals surface area (Å²) in [5, 5.41) is 0. The van der Waals surface area contributed by atoms with E-state index in [9.17, 15) is 4.79 Å². The van der Waals surface area contributed by atoms with Crippen molar-refractivity contribution in [1.82, 2.24) is 4.90 Å². The molecule has 0 saturated heterocycles. The van der Waals surface area contributed by atoms with Gasteiger partial charge in [0, 0.05) is 13.1 Å². The van der Waals surface area contributed by atoms with E-state index in [1.807, 2.05) is 58.0 Å². The molecule has 0 aromatic heterocycles. The number of carbonyl (C=O) groups is 1. The van der Waals surface area contributed by atoms with Gasteiger partial charge in [-0.3, -0.25) is 0 Å². The van der Waals surface area contributed by atoms with E-state index >= 15 is 0 Å². The first-order valence-corrected chi connectivity index (χ1v) is 6.63. The third kappa shape index (κ3) is 4.56. The Hall–Kier alpha value is -1.55. The number of carbonyl (C=O) groups excluding carboxylic acids is 1. The number of hydrogen-bond acceptors (Lipinski definition) is 3. The van der Waals surface area contributed by atoms with Crippen LogP contribution in [0.5, 0.6) is 0 Å². The zero-order valence-electron chi connectivity index (χ0n) is 12.2. The summed E-state index contributed by atoms with van der Waals surface area (Å²) in [6, 6.07) is 9.64. The van der Waals surface area contributed by atoms with Gasteiger partial charge < -0.3 is 15.4 Å². The highest BCUT2D eigenvalue weighted by Gasteiger charge is 2.27. The SMILES string of the molecule is CCN(C(=O)OC(C)(C)C)[C@@H](CN)c1ccccc1. The second-order valence-electron chi connectivity index (χ2n) is 5.43. The molecular weight excluding hydrogens is 240 g/mol. The zero-order chi connectivity index (χ0) is 14.5. The van der Waals surface area contributed by atoms with Crippen LogP contribution in [0.1, 0.15) is 39.3 Å². The first-order valence-electron chi connectivity index (χ1n) is 6.63. The van der Waals surface area contributed by atoms with Crippen molar-refractivity contribution in [2.45, 2.75) is 39.3 Å². The molecule has 1 amide bonds. The van der Waals surface area contributed by atoms with Gasteiger partial charge in [0.1, 0.15) is 5.60 Å². The van der Waals surface area contributed by atoms with Crippen LogP contribution in [0.2, 0.25) is 0 Å². The van der Waals surface area contributed by atoms with Crippen LogP contribution in [0, 0.1) is 0 Å². The van der Waals surface area contributed by atoms with Gasteiger partial charge >= 0.3 is 6.09 Å². The van der Waals surface area contributed by atoms with Gasteiger partial charge in [-0.25, -0.2) is 4.79 Å². The lowest BCUT2D eigenvalue weighted by Crippen LogP contribution is -2.41. The highest BCUT2D eigenvalue weighted by molar-refractivity contribution is 5.68. The van der Waals surface area contributed by atoms with E-state index in [4.69, 9.17) is 10.5 Å². The maximum absolute atomic E-state index is 12.2. The number of benzene rings is 1. The van der Waals surface area contributed by atoms with E-state index in [-0.39, 0.29) is 12.1 Å². The second kappa shape index (κ2) is 6.57. The largest absolute Gasteiger partial charge is 0.444 e. The average molecular weight is 264 g/mol. The molecule has 0 unspecified atom stereocenters. The molecule has 0 radical (unpaired) electrons. The Balaban J connectivity index is 2.91. The van der Waals surface area contributed by atoms with Gasteiger partial charge in [-0.15, -0.1) is 0 Å². The van der Waals surface area contributed by atoms with E-state index in [1.165, 1.54) is 0 Å². The van der Waals surface area contributed by atoms with Gasteiger partial charge in [0.25, 0.3) is 0 Å². The highest BCUT2D eigenvalue weighted by Crippen LogP contribution is 2.21. The Labute approximate surface area is 115 Å². The zero-order valence-corrected chi connectivity index (χ0v) is 12.2. The topological polar surface area (TPSA) is 55.6 Å². The number of hydrogen-bond donors (Lipinski definition) is 1. The standard InChI is InChI=1S/C15H24N2O2/c1-5-17(14(18)19-15(2,3)4)13(11-16)12-9-7-6-8-10-12/h6-10,13H,5,11,16H2,1-4H3/t13-/m0/s1. The summed E-state index contributed by atoms with van der Waals surface area (Å²) in [5.41, 5.74) is 6.36. The van der Waals surface area contributed by atoms with Crippen LogP contribution < -0.4 is 5.73 Å². The summed E-state index contributed by atoms with van der Waals surface area (Å²) in [4.78, 5) is 13.9. The Morgan fingerprint density at radius 3 is 2.32 bits per heavy atom. The van der Waals surface area contributed by atoms with E-state index in [0.717, 1.165) is 5.56 Å². The van der Waals surface area contributed by atoms with E-state index < -0.39 is 5.60 Å². The number of nitrogens with two attached hydrogens (primary N) is 1. The second-order valence-corrected chi connectivity index (χ2v) is 5.43. The Morgan fingerprint density at radius 2 is 1.89 bits per heavy atom. The van der Waals surface area contributed by atoms with Crippen molar-refractivity contribution in [3.05, 3.63) is 35.9 Å². The summed E-state index contributed by atoms with van der Waals surface area (Å²) in [6.45, 7) is 8.44. The quantitative estimate of drug-likeness (QED) is 0.909. The normalized spacial score (nSPS) is 12.9. The van der Waals surface area contributed by atoms with Crippen LogP contribution in [-0.2, 0) is 4.74 Å². The van der Waals surface area contributed by atoms with Crippen LogP contribution in [0.3, 0.4) is 0 Å². The predicted molar refractivity (Wildman–Crippen MR) is 76.9 cm³/mol. The summed E-state index contributed by atoms with van der Waals surface area (Å²) >= 11 is 0. The van der Waals surface area contributed by atoms with Crippen molar-refractivity contribution in [2.24, 2.45) is 5.73 Å². The smallest absolute Gasteiger partial charge is 0.410 e. The highest BCUT2D eigenvalue weighted by atomic mass is 16.6. The monoisotopic (exact) mass is 264 g/mol. The molecule has 0 spiro atoms. The molecule has 1 atom stereocenters. The van der Waals surface area contributed by atoms with Crippen molar-refractivity contribution < 1.29 is 9.53 Å². The van der Waals surface area contributed by atoms with Crippen molar-refractivity contribution in [3.63, 3.8) is 0 Å². The van der Waals surface area contributed by atoms with Gasteiger partial charge in [0.2, 0.25) is 0 Å².